The molecule has 0 aliphatic rings. The normalized spacial score (nSPS) is 11.3. The van der Waals surface area contributed by atoms with Crippen molar-refractivity contribution in [2.45, 2.75) is 33.2 Å². The van der Waals surface area contributed by atoms with E-state index in [4.69, 9.17) is 11.6 Å². The maximum absolute atomic E-state index is 11.9. The van der Waals surface area contributed by atoms with Crippen LogP contribution in [0.15, 0.2) is 18.2 Å². The Morgan fingerprint density at radius 1 is 1.11 bits per heavy atom. The van der Waals surface area contributed by atoms with E-state index in [1.807, 2.05) is 58.0 Å². The number of hydrogen-bond acceptors (Lipinski definition) is 2. The van der Waals surface area contributed by atoms with Crippen molar-refractivity contribution in [2.24, 2.45) is 0 Å². The van der Waals surface area contributed by atoms with Crippen LogP contribution in [0.25, 0.3) is 0 Å². The van der Waals surface area contributed by atoms with Crippen molar-refractivity contribution < 1.29 is 4.79 Å². The highest BCUT2D eigenvalue weighted by molar-refractivity contribution is 6.31. The van der Waals surface area contributed by atoms with Crippen LogP contribution in [0.1, 0.15) is 27.7 Å². The summed E-state index contributed by atoms with van der Waals surface area (Å²) in [6.07, 6.45) is 0. The van der Waals surface area contributed by atoms with Crippen molar-refractivity contribution in [3.63, 3.8) is 0 Å². The van der Waals surface area contributed by atoms with Gasteiger partial charge in [0, 0.05) is 43.0 Å². The van der Waals surface area contributed by atoms with Crippen molar-refractivity contribution in [3.8, 4) is 0 Å². The first-order chi connectivity index (χ1) is 8.12. The third kappa shape index (κ3) is 3.39. The Balaban J connectivity index is 3.33. The molecule has 0 N–H and O–H groups in total. The first-order valence-corrected chi connectivity index (χ1v) is 6.29. The minimum Gasteiger partial charge on any atom is -0.378 e. The molecule has 1 aromatic carbocycles. The van der Waals surface area contributed by atoms with Gasteiger partial charge in [-0.15, -0.1) is 0 Å². The third-order valence-corrected chi connectivity index (χ3v) is 2.85. The molecule has 0 saturated heterocycles. The number of hydrogen-bond donors (Lipinski definition) is 0. The van der Waals surface area contributed by atoms with Gasteiger partial charge in [0.2, 0.25) is 5.91 Å². The van der Waals surface area contributed by atoms with Gasteiger partial charge in [0.25, 0.3) is 0 Å². The lowest BCUT2D eigenvalue weighted by molar-refractivity contribution is -0.117. The fraction of sp³-hybridized carbons (Fsp3) is 0.500. The highest BCUT2D eigenvalue weighted by Gasteiger charge is 2.26. The number of halogens is 1. The zero-order valence-electron chi connectivity index (χ0n) is 11.9. The fourth-order valence-electron chi connectivity index (χ4n) is 1.99. The van der Waals surface area contributed by atoms with E-state index in [-0.39, 0.29) is 11.4 Å². The molecule has 4 heteroatoms. The van der Waals surface area contributed by atoms with Crippen molar-refractivity contribution in [2.75, 3.05) is 23.9 Å². The van der Waals surface area contributed by atoms with Gasteiger partial charge >= 0.3 is 0 Å². The largest absolute Gasteiger partial charge is 0.378 e. The Labute approximate surface area is 114 Å². The molecule has 0 bridgehead atoms. The van der Waals surface area contributed by atoms with Gasteiger partial charge in [-0.1, -0.05) is 11.6 Å². The summed E-state index contributed by atoms with van der Waals surface area (Å²) in [5.74, 6) is 0.00877. The minimum absolute atomic E-state index is 0.00877. The number of rotatable bonds is 2. The number of benzene rings is 1. The first-order valence-electron chi connectivity index (χ1n) is 5.91. The summed E-state index contributed by atoms with van der Waals surface area (Å²) in [4.78, 5) is 15.6. The number of carbonyl (C=O) groups excluding carboxylic acids is 1. The van der Waals surface area contributed by atoms with Gasteiger partial charge in [-0.3, -0.25) is 4.79 Å². The lowest BCUT2D eigenvalue weighted by Crippen LogP contribution is -2.44. The Morgan fingerprint density at radius 2 is 1.61 bits per heavy atom. The molecule has 1 rings (SSSR count). The summed E-state index contributed by atoms with van der Waals surface area (Å²) in [5.41, 5.74) is 1.53. The van der Waals surface area contributed by atoms with Gasteiger partial charge in [-0.2, -0.15) is 0 Å². The molecule has 1 amide bonds. The molecule has 18 heavy (non-hydrogen) atoms. The standard InChI is InChI=1S/C14H21ClN2O/c1-10(18)17(14(2,3)4)13-8-11(15)7-12(9-13)16(5)6/h7-9H,1-6H3. The van der Waals surface area contributed by atoms with Crippen LogP contribution in [0.4, 0.5) is 11.4 Å². The topological polar surface area (TPSA) is 23.6 Å². The molecule has 0 aromatic heterocycles. The lowest BCUT2D eigenvalue weighted by atomic mass is 10.0. The molecule has 0 fully saturated rings. The highest BCUT2D eigenvalue weighted by Crippen LogP contribution is 2.31. The summed E-state index contributed by atoms with van der Waals surface area (Å²) in [6, 6.07) is 5.67. The van der Waals surface area contributed by atoms with Crippen LogP contribution < -0.4 is 9.80 Å². The molecule has 0 unspecified atom stereocenters. The molecule has 0 aliphatic heterocycles. The first kappa shape index (κ1) is 14.8. The van der Waals surface area contributed by atoms with Gasteiger partial charge in [0.1, 0.15) is 0 Å². The van der Waals surface area contributed by atoms with Gasteiger partial charge in [-0.25, -0.2) is 0 Å². The van der Waals surface area contributed by atoms with Crippen LogP contribution in [-0.2, 0) is 4.79 Å². The van der Waals surface area contributed by atoms with Gasteiger partial charge in [0.15, 0.2) is 0 Å². The van der Waals surface area contributed by atoms with Gasteiger partial charge in [0.05, 0.1) is 0 Å². The molecular weight excluding hydrogens is 248 g/mol. The van der Waals surface area contributed by atoms with E-state index in [0.29, 0.717) is 5.02 Å². The zero-order valence-corrected chi connectivity index (χ0v) is 12.7. The predicted octanol–water partition coefficient (Wildman–Crippen LogP) is 3.56. The number of anilines is 2. The van der Waals surface area contributed by atoms with E-state index in [2.05, 4.69) is 0 Å². The lowest BCUT2D eigenvalue weighted by Gasteiger charge is -2.35. The smallest absolute Gasteiger partial charge is 0.224 e. The van der Waals surface area contributed by atoms with Crippen molar-refractivity contribution in [1.29, 1.82) is 0 Å². The fourth-order valence-corrected chi connectivity index (χ4v) is 2.21. The zero-order chi connectivity index (χ0) is 14.1. The Kier molecular flexibility index (Phi) is 4.28. The molecule has 0 atom stereocenters. The van der Waals surface area contributed by atoms with Crippen LogP contribution in [0.5, 0.6) is 0 Å². The average molecular weight is 269 g/mol. The number of carbonyl (C=O) groups is 1. The molecule has 1 aromatic rings. The molecule has 100 valence electrons. The summed E-state index contributed by atoms with van der Waals surface area (Å²) in [5, 5.41) is 0.631. The molecular formula is C14H21ClN2O. The quantitative estimate of drug-likeness (QED) is 0.819. The second-order valence-electron chi connectivity index (χ2n) is 5.59. The summed E-state index contributed by atoms with van der Waals surface area (Å²) in [7, 11) is 3.90. The van der Waals surface area contributed by atoms with E-state index < -0.39 is 0 Å². The second-order valence-corrected chi connectivity index (χ2v) is 6.02. The molecule has 0 spiro atoms. The SMILES string of the molecule is CC(=O)N(c1cc(Cl)cc(N(C)C)c1)C(C)(C)C. The predicted molar refractivity (Wildman–Crippen MR) is 78.7 cm³/mol. The van der Waals surface area contributed by atoms with E-state index in [0.717, 1.165) is 11.4 Å². The van der Waals surface area contributed by atoms with E-state index in [1.165, 1.54) is 0 Å². The van der Waals surface area contributed by atoms with Gasteiger partial charge < -0.3 is 9.80 Å². The summed E-state index contributed by atoms with van der Waals surface area (Å²) >= 11 is 6.13. The third-order valence-electron chi connectivity index (χ3n) is 2.63. The average Bonchev–Trinajstić information content (AvgIpc) is 2.13. The van der Waals surface area contributed by atoms with Crippen LogP contribution in [-0.4, -0.2) is 25.5 Å². The number of amides is 1. The van der Waals surface area contributed by atoms with E-state index >= 15 is 0 Å². The number of nitrogens with zero attached hydrogens (tertiary/aromatic N) is 2. The van der Waals surface area contributed by atoms with Crippen LogP contribution >= 0.6 is 11.6 Å². The maximum Gasteiger partial charge on any atom is 0.224 e. The summed E-state index contributed by atoms with van der Waals surface area (Å²) in [6.45, 7) is 7.58. The van der Waals surface area contributed by atoms with Gasteiger partial charge in [-0.05, 0) is 39.0 Å². The molecule has 3 nitrogen and oxygen atoms in total. The summed E-state index contributed by atoms with van der Waals surface area (Å²) < 4.78 is 0. The second kappa shape index (κ2) is 5.19. The molecule has 0 heterocycles. The highest BCUT2D eigenvalue weighted by atomic mass is 35.5. The van der Waals surface area contributed by atoms with Crippen molar-refractivity contribution >= 4 is 28.9 Å². The Hall–Kier alpha value is -1.22. The minimum atomic E-state index is -0.278. The Bertz CT molecular complexity index is 450. The van der Waals surface area contributed by atoms with E-state index in [1.54, 1.807) is 11.8 Å². The van der Waals surface area contributed by atoms with E-state index in [9.17, 15) is 4.79 Å². The maximum atomic E-state index is 11.9. The monoisotopic (exact) mass is 268 g/mol. The van der Waals surface area contributed by atoms with Crippen LogP contribution in [0.2, 0.25) is 5.02 Å². The van der Waals surface area contributed by atoms with Crippen LogP contribution in [0.3, 0.4) is 0 Å². The van der Waals surface area contributed by atoms with Crippen LogP contribution in [0, 0.1) is 0 Å². The van der Waals surface area contributed by atoms with Crippen molar-refractivity contribution in [3.05, 3.63) is 23.2 Å². The van der Waals surface area contributed by atoms with Crippen molar-refractivity contribution in [1.82, 2.24) is 0 Å². The Morgan fingerprint density at radius 3 is 2.00 bits per heavy atom. The molecule has 0 saturated carbocycles. The molecule has 0 aliphatic carbocycles. The molecule has 0 radical (unpaired) electrons.